The van der Waals surface area contributed by atoms with Crippen LogP contribution in [0.1, 0.15) is 41.5 Å². The summed E-state index contributed by atoms with van der Waals surface area (Å²) in [5.41, 5.74) is -0.750. The molecule has 3 nitrogen and oxygen atoms in total. The van der Waals surface area contributed by atoms with Crippen LogP contribution in [0.2, 0.25) is 0 Å². The van der Waals surface area contributed by atoms with Crippen LogP contribution >= 0.6 is 7.52 Å². The molecule has 1 N–H and O–H groups in total. The predicted octanol–water partition coefficient (Wildman–Crippen LogP) is 3.71. The third-order valence-corrected chi connectivity index (χ3v) is 4.73. The number of hydrogen-bond acceptors (Lipinski definition) is 2. The van der Waals surface area contributed by atoms with E-state index in [1.54, 1.807) is 0 Å². The highest BCUT2D eigenvalue weighted by Crippen LogP contribution is 2.47. The van der Waals surface area contributed by atoms with Gasteiger partial charge in [-0.1, -0.05) is 18.2 Å². The Morgan fingerprint density at radius 3 is 1.89 bits per heavy atom. The zero-order chi connectivity index (χ0) is 14.0. The third kappa shape index (κ3) is 4.93. The summed E-state index contributed by atoms with van der Waals surface area (Å²) >= 11 is 0. The Balaban J connectivity index is 3.14. The van der Waals surface area contributed by atoms with Crippen molar-refractivity contribution in [1.29, 1.82) is 0 Å². The van der Waals surface area contributed by atoms with Gasteiger partial charge in [0.25, 0.3) is 0 Å². The molecule has 1 unspecified atom stereocenters. The average Bonchev–Trinajstić information content (AvgIpc) is 2.13. The van der Waals surface area contributed by atoms with E-state index < -0.39 is 13.1 Å². The Kier molecular flexibility index (Phi) is 4.42. The third-order valence-electron chi connectivity index (χ3n) is 1.98. The molecule has 0 aliphatic carbocycles. The largest absolute Gasteiger partial charge is 0.308 e. The summed E-state index contributed by atoms with van der Waals surface area (Å²) in [5.74, 6) is 0. The molecule has 0 amide bonds. The SMILES string of the molecule is CC(C)(C)NP(=O)(OC(C)(C)C)c1ccccc1. The second-order valence-electron chi connectivity index (χ2n) is 6.45. The highest BCUT2D eigenvalue weighted by Gasteiger charge is 2.34. The van der Waals surface area contributed by atoms with E-state index in [1.165, 1.54) is 0 Å². The molecule has 0 radical (unpaired) electrons. The van der Waals surface area contributed by atoms with Gasteiger partial charge < -0.3 is 4.52 Å². The maximum absolute atomic E-state index is 13.1. The van der Waals surface area contributed by atoms with Gasteiger partial charge in [0, 0.05) is 5.54 Å². The Hall–Kier alpha value is -0.630. The molecule has 0 aromatic heterocycles. The van der Waals surface area contributed by atoms with Gasteiger partial charge in [-0.3, -0.25) is 4.57 Å². The Morgan fingerprint density at radius 2 is 1.50 bits per heavy atom. The molecule has 1 atom stereocenters. The molecule has 0 aliphatic heterocycles. The van der Waals surface area contributed by atoms with Gasteiger partial charge in [-0.05, 0) is 53.7 Å². The molecule has 4 heteroatoms. The first-order valence-electron chi connectivity index (χ1n) is 6.18. The van der Waals surface area contributed by atoms with Gasteiger partial charge in [-0.15, -0.1) is 0 Å². The molecule has 1 aromatic rings. The van der Waals surface area contributed by atoms with Crippen LogP contribution in [0.25, 0.3) is 0 Å². The van der Waals surface area contributed by atoms with Gasteiger partial charge in [0.2, 0.25) is 0 Å². The van der Waals surface area contributed by atoms with Crippen LogP contribution in [0.3, 0.4) is 0 Å². The molecule has 0 spiro atoms. The lowest BCUT2D eigenvalue weighted by molar-refractivity contribution is 0.132. The molecule has 0 saturated carbocycles. The minimum atomic E-state index is -3.06. The minimum absolute atomic E-state index is 0.281. The number of hydrogen-bond donors (Lipinski definition) is 1. The molecule has 18 heavy (non-hydrogen) atoms. The van der Waals surface area contributed by atoms with Gasteiger partial charge in [0.15, 0.2) is 0 Å². The molecule has 0 aliphatic rings. The zero-order valence-corrected chi connectivity index (χ0v) is 13.0. The average molecular weight is 269 g/mol. The lowest BCUT2D eigenvalue weighted by atomic mass is 10.1. The van der Waals surface area contributed by atoms with Gasteiger partial charge in [-0.2, -0.15) is 0 Å². The smallest absolute Gasteiger partial charge is 0.300 e. The van der Waals surface area contributed by atoms with Crippen LogP contribution in [0.5, 0.6) is 0 Å². The number of rotatable bonds is 3. The fourth-order valence-electron chi connectivity index (χ4n) is 1.59. The van der Waals surface area contributed by atoms with Crippen LogP contribution in [0.4, 0.5) is 0 Å². The van der Waals surface area contributed by atoms with E-state index in [2.05, 4.69) is 5.09 Å². The first-order valence-corrected chi connectivity index (χ1v) is 7.80. The van der Waals surface area contributed by atoms with Crippen LogP contribution in [-0.4, -0.2) is 11.1 Å². The summed E-state index contributed by atoms with van der Waals surface area (Å²) in [6.07, 6.45) is 0. The van der Waals surface area contributed by atoms with E-state index in [4.69, 9.17) is 4.52 Å². The van der Waals surface area contributed by atoms with Crippen molar-refractivity contribution < 1.29 is 9.09 Å². The second-order valence-corrected chi connectivity index (χ2v) is 8.48. The van der Waals surface area contributed by atoms with Gasteiger partial charge in [-0.25, -0.2) is 5.09 Å². The van der Waals surface area contributed by atoms with Gasteiger partial charge in [0.05, 0.1) is 10.9 Å². The standard InChI is InChI=1S/C14H24NO2P/c1-13(2,3)15-18(16,17-14(4,5)6)12-10-8-7-9-11-12/h7-11H,1-6H3,(H,15,16). The molecule has 0 heterocycles. The van der Waals surface area contributed by atoms with Crippen molar-refractivity contribution in [2.45, 2.75) is 52.7 Å². The van der Waals surface area contributed by atoms with Crippen molar-refractivity contribution in [1.82, 2.24) is 5.09 Å². The topological polar surface area (TPSA) is 38.3 Å². The van der Waals surface area contributed by atoms with Gasteiger partial charge >= 0.3 is 7.52 Å². The molecule has 0 saturated heterocycles. The maximum Gasteiger partial charge on any atom is 0.300 e. The predicted molar refractivity (Wildman–Crippen MR) is 77.4 cm³/mol. The van der Waals surface area contributed by atoms with E-state index in [0.717, 1.165) is 0 Å². The van der Waals surface area contributed by atoms with Crippen molar-refractivity contribution in [2.24, 2.45) is 0 Å². The minimum Gasteiger partial charge on any atom is -0.308 e. The Bertz CT molecular complexity index is 409. The summed E-state index contributed by atoms with van der Waals surface area (Å²) < 4.78 is 18.9. The highest BCUT2D eigenvalue weighted by atomic mass is 31.2. The van der Waals surface area contributed by atoms with Crippen molar-refractivity contribution in [3.8, 4) is 0 Å². The zero-order valence-electron chi connectivity index (χ0n) is 12.2. The fourth-order valence-corrected chi connectivity index (χ4v) is 4.09. The molecule has 1 aromatic carbocycles. The monoisotopic (exact) mass is 269 g/mol. The van der Waals surface area contributed by atoms with E-state index in [-0.39, 0.29) is 5.54 Å². The summed E-state index contributed by atoms with van der Waals surface area (Å²) in [5, 5.41) is 3.84. The summed E-state index contributed by atoms with van der Waals surface area (Å²) in [6.45, 7) is 11.7. The normalized spacial score (nSPS) is 16.3. The Labute approximate surface area is 110 Å². The second kappa shape index (κ2) is 5.16. The van der Waals surface area contributed by atoms with E-state index >= 15 is 0 Å². The highest BCUT2D eigenvalue weighted by molar-refractivity contribution is 7.65. The quantitative estimate of drug-likeness (QED) is 0.850. The lowest BCUT2D eigenvalue weighted by Gasteiger charge is -2.33. The summed E-state index contributed by atoms with van der Waals surface area (Å²) in [6, 6.07) is 9.33. The van der Waals surface area contributed by atoms with Crippen molar-refractivity contribution in [3.63, 3.8) is 0 Å². The van der Waals surface area contributed by atoms with Crippen LogP contribution in [-0.2, 0) is 9.09 Å². The van der Waals surface area contributed by atoms with Crippen LogP contribution < -0.4 is 10.4 Å². The van der Waals surface area contributed by atoms with Crippen LogP contribution in [0.15, 0.2) is 30.3 Å². The maximum atomic E-state index is 13.1. The lowest BCUT2D eigenvalue weighted by Crippen LogP contribution is -2.39. The van der Waals surface area contributed by atoms with Crippen molar-refractivity contribution in [2.75, 3.05) is 0 Å². The van der Waals surface area contributed by atoms with E-state index in [0.29, 0.717) is 5.30 Å². The fraction of sp³-hybridized carbons (Fsp3) is 0.571. The first kappa shape index (κ1) is 15.4. The Morgan fingerprint density at radius 1 is 1.00 bits per heavy atom. The van der Waals surface area contributed by atoms with Crippen LogP contribution in [0, 0.1) is 0 Å². The molecule has 102 valence electrons. The van der Waals surface area contributed by atoms with E-state index in [9.17, 15) is 4.57 Å². The van der Waals surface area contributed by atoms with E-state index in [1.807, 2.05) is 71.9 Å². The number of nitrogens with one attached hydrogen (secondary N) is 1. The summed E-state index contributed by atoms with van der Waals surface area (Å²) in [4.78, 5) is 0. The number of benzene rings is 1. The van der Waals surface area contributed by atoms with Gasteiger partial charge in [0.1, 0.15) is 0 Å². The van der Waals surface area contributed by atoms with Crippen molar-refractivity contribution in [3.05, 3.63) is 30.3 Å². The molecule has 0 bridgehead atoms. The molecule has 1 rings (SSSR count). The molecular weight excluding hydrogens is 245 g/mol. The first-order chi connectivity index (χ1) is 8.02. The summed E-state index contributed by atoms with van der Waals surface area (Å²) in [7, 11) is -3.06. The van der Waals surface area contributed by atoms with Crippen molar-refractivity contribution >= 4 is 12.8 Å². The molecular formula is C14H24NO2P. The molecule has 0 fully saturated rings.